The number of nitrogens with zero attached hydrogens (tertiary/aromatic N) is 4. The molecule has 2 heterocycles. The van der Waals surface area contributed by atoms with E-state index in [4.69, 9.17) is 11.6 Å². The molecule has 5 nitrogen and oxygen atoms in total. The minimum absolute atomic E-state index is 0.0553. The third kappa shape index (κ3) is 3.16. The molecule has 1 saturated heterocycles. The number of rotatable bonds is 2. The van der Waals surface area contributed by atoms with Gasteiger partial charge in [0.25, 0.3) is 5.91 Å². The highest BCUT2D eigenvalue weighted by molar-refractivity contribution is 7.15. The Kier molecular flexibility index (Phi) is 4.07. The lowest BCUT2D eigenvalue weighted by Gasteiger charge is -2.34. The van der Waals surface area contributed by atoms with Crippen LogP contribution in [0.25, 0.3) is 0 Å². The van der Waals surface area contributed by atoms with Gasteiger partial charge in [0.05, 0.1) is 0 Å². The Bertz CT molecular complexity index is 635. The Morgan fingerprint density at radius 3 is 2.38 bits per heavy atom. The molecule has 0 atom stereocenters. The molecule has 21 heavy (non-hydrogen) atoms. The lowest BCUT2D eigenvalue weighted by molar-refractivity contribution is 0.0747. The van der Waals surface area contributed by atoms with Crippen molar-refractivity contribution < 1.29 is 4.79 Å². The number of hydrogen-bond donors (Lipinski definition) is 0. The SMILES string of the molecule is Cc1nnc(N2CCN(C(=O)c3ccc(Cl)cc3)CC2)s1. The minimum Gasteiger partial charge on any atom is -0.343 e. The van der Waals surface area contributed by atoms with Crippen LogP contribution in [0.1, 0.15) is 15.4 Å². The molecule has 1 aliphatic heterocycles. The van der Waals surface area contributed by atoms with Crippen LogP contribution in [0.2, 0.25) is 5.02 Å². The van der Waals surface area contributed by atoms with Gasteiger partial charge in [-0.3, -0.25) is 4.79 Å². The Balaban J connectivity index is 1.63. The van der Waals surface area contributed by atoms with Crippen LogP contribution in [-0.2, 0) is 0 Å². The molecule has 0 radical (unpaired) electrons. The molecule has 1 aliphatic rings. The van der Waals surface area contributed by atoms with Crippen molar-refractivity contribution in [2.45, 2.75) is 6.92 Å². The zero-order chi connectivity index (χ0) is 14.8. The number of halogens is 1. The third-order valence-electron chi connectivity index (χ3n) is 3.44. The second-order valence-electron chi connectivity index (χ2n) is 4.89. The minimum atomic E-state index is 0.0553. The predicted octanol–water partition coefficient (Wildman–Crippen LogP) is 2.46. The van der Waals surface area contributed by atoms with Gasteiger partial charge >= 0.3 is 0 Å². The number of anilines is 1. The normalized spacial score (nSPS) is 15.3. The summed E-state index contributed by atoms with van der Waals surface area (Å²) < 4.78 is 0. The van der Waals surface area contributed by atoms with E-state index >= 15 is 0 Å². The molecule has 3 rings (SSSR count). The van der Waals surface area contributed by atoms with Crippen LogP contribution in [0, 0.1) is 6.92 Å². The van der Waals surface area contributed by atoms with E-state index in [1.165, 1.54) is 0 Å². The number of carbonyl (C=O) groups is 1. The van der Waals surface area contributed by atoms with Crippen molar-refractivity contribution in [1.82, 2.24) is 15.1 Å². The average Bonchev–Trinajstić information content (AvgIpc) is 2.94. The average molecular weight is 323 g/mol. The van der Waals surface area contributed by atoms with Crippen molar-refractivity contribution in [3.05, 3.63) is 39.9 Å². The van der Waals surface area contributed by atoms with Crippen molar-refractivity contribution in [2.24, 2.45) is 0 Å². The number of aromatic nitrogens is 2. The van der Waals surface area contributed by atoms with E-state index in [0.717, 1.165) is 23.2 Å². The van der Waals surface area contributed by atoms with Gasteiger partial charge in [-0.15, -0.1) is 10.2 Å². The lowest BCUT2D eigenvalue weighted by atomic mass is 10.2. The maximum absolute atomic E-state index is 12.4. The van der Waals surface area contributed by atoms with E-state index in [9.17, 15) is 4.79 Å². The summed E-state index contributed by atoms with van der Waals surface area (Å²) >= 11 is 7.44. The summed E-state index contributed by atoms with van der Waals surface area (Å²) in [5.74, 6) is 0.0553. The molecule has 0 aliphatic carbocycles. The van der Waals surface area contributed by atoms with Gasteiger partial charge in [0.2, 0.25) is 5.13 Å². The van der Waals surface area contributed by atoms with Gasteiger partial charge in [-0.05, 0) is 31.2 Å². The molecule has 1 aromatic heterocycles. The number of piperazine rings is 1. The number of amides is 1. The van der Waals surface area contributed by atoms with E-state index in [1.807, 2.05) is 11.8 Å². The van der Waals surface area contributed by atoms with Crippen molar-refractivity contribution in [1.29, 1.82) is 0 Å². The number of hydrogen-bond acceptors (Lipinski definition) is 5. The van der Waals surface area contributed by atoms with Crippen LogP contribution in [0.5, 0.6) is 0 Å². The zero-order valence-corrected chi connectivity index (χ0v) is 13.2. The van der Waals surface area contributed by atoms with Crippen molar-refractivity contribution in [3.8, 4) is 0 Å². The molecule has 1 amide bonds. The molecule has 0 spiro atoms. The first-order valence-electron chi connectivity index (χ1n) is 6.73. The lowest BCUT2D eigenvalue weighted by Crippen LogP contribution is -2.48. The van der Waals surface area contributed by atoms with Gasteiger partial charge in [0.15, 0.2) is 0 Å². The van der Waals surface area contributed by atoms with Gasteiger partial charge in [-0.1, -0.05) is 22.9 Å². The van der Waals surface area contributed by atoms with Gasteiger partial charge in [-0.25, -0.2) is 0 Å². The van der Waals surface area contributed by atoms with Gasteiger partial charge in [-0.2, -0.15) is 0 Å². The molecule has 0 unspecified atom stereocenters. The molecule has 0 bridgehead atoms. The molecule has 7 heteroatoms. The molecule has 110 valence electrons. The highest BCUT2D eigenvalue weighted by Gasteiger charge is 2.23. The van der Waals surface area contributed by atoms with Crippen molar-refractivity contribution >= 4 is 34.0 Å². The summed E-state index contributed by atoms with van der Waals surface area (Å²) in [4.78, 5) is 16.4. The number of benzene rings is 1. The van der Waals surface area contributed by atoms with Crippen LogP contribution < -0.4 is 4.90 Å². The van der Waals surface area contributed by atoms with Crippen LogP contribution in [0.3, 0.4) is 0 Å². The first-order valence-corrected chi connectivity index (χ1v) is 7.93. The van der Waals surface area contributed by atoms with E-state index in [2.05, 4.69) is 15.1 Å². The zero-order valence-electron chi connectivity index (χ0n) is 11.6. The molecular weight excluding hydrogens is 308 g/mol. The molecule has 0 saturated carbocycles. The van der Waals surface area contributed by atoms with Crippen molar-refractivity contribution in [3.63, 3.8) is 0 Å². The standard InChI is InChI=1S/C14H15ClN4OS/c1-10-16-17-14(21-10)19-8-6-18(7-9-19)13(20)11-2-4-12(15)5-3-11/h2-5H,6-9H2,1H3. The van der Waals surface area contributed by atoms with Crippen LogP contribution in [0.4, 0.5) is 5.13 Å². The maximum atomic E-state index is 12.4. The summed E-state index contributed by atoms with van der Waals surface area (Å²) in [6, 6.07) is 7.03. The molecule has 1 fully saturated rings. The Morgan fingerprint density at radius 2 is 1.81 bits per heavy atom. The number of aryl methyl sites for hydroxylation is 1. The smallest absolute Gasteiger partial charge is 0.253 e. The molecule has 1 aromatic carbocycles. The van der Waals surface area contributed by atoms with Gasteiger partial charge in [0.1, 0.15) is 5.01 Å². The van der Waals surface area contributed by atoms with E-state index in [0.29, 0.717) is 23.7 Å². The summed E-state index contributed by atoms with van der Waals surface area (Å²) in [7, 11) is 0. The Morgan fingerprint density at radius 1 is 1.14 bits per heavy atom. The van der Waals surface area contributed by atoms with Crippen LogP contribution >= 0.6 is 22.9 Å². The first kappa shape index (κ1) is 14.3. The summed E-state index contributed by atoms with van der Waals surface area (Å²) in [5.41, 5.74) is 0.680. The van der Waals surface area contributed by atoms with Crippen LogP contribution in [-0.4, -0.2) is 47.2 Å². The predicted molar refractivity (Wildman–Crippen MR) is 84.2 cm³/mol. The monoisotopic (exact) mass is 322 g/mol. The summed E-state index contributed by atoms with van der Waals surface area (Å²) in [6.07, 6.45) is 0. The van der Waals surface area contributed by atoms with Crippen molar-refractivity contribution in [2.75, 3.05) is 31.1 Å². The highest BCUT2D eigenvalue weighted by Crippen LogP contribution is 2.21. The summed E-state index contributed by atoms with van der Waals surface area (Å²) in [5, 5.41) is 10.7. The summed E-state index contributed by atoms with van der Waals surface area (Å²) in [6.45, 7) is 4.91. The number of carbonyl (C=O) groups excluding carboxylic acids is 1. The Labute approximate surface area is 132 Å². The largest absolute Gasteiger partial charge is 0.343 e. The fraction of sp³-hybridized carbons (Fsp3) is 0.357. The fourth-order valence-electron chi connectivity index (χ4n) is 2.29. The Hall–Kier alpha value is -1.66. The highest BCUT2D eigenvalue weighted by atomic mass is 35.5. The van der Waals surface area contributed by atoms with E-state index in [-0.39, 0.29) is 5.91 Å². The molecule has 0 N–H and O–H groups in total. The van der Waals surface area contributed by atoms with Gasteiger partial charge < -0.3 is 9.80 Å². The van der Waals surface area contributed by atoms with E-state index in [1.54, 1.807) is 35.6 Å². The topological polar surface area (TPSA) is 49.3 Å². The fourth-order valence-corrected chi connectivity index (χ4v) is 3.15. The van der Waals surface area contributed by atoms with E-state index < -0.39 is 0 Å². The molecular formula is C14H15ClN4OS. The van der Waals surface area contributed by atoms with Gasteiger partial charge in [0, 0.05) is 36.8 Å². The second-order valence-corrected chi connectivity index (χ2v) is 6.49. The quantitative estimate of drug-likeness (QED) is 0.852. The third-order valence-corrected chi connectivity index (χ3v) is 4.60. The maximum Gasteiger partial charge on any atom is 0.253 e. The molecule has 2 aromatic rings. The second kappa shape index (κ2) is 5.99. The van der Waals surface area contributed by atoms with Crippen LogP contribution in [0.15, 0.2) is 24.3 Å². The first-order chi connectivity index (χ1) is 10.1.